The maximum atomic E-state index is 12.3. The van der Waals surface area contributed by atoms with Crippen LogP contribution < -0.4 is 20.7 Å². The Bertz CT molecular complexity index is 670. The molecule has 3 rings (SSSR count). The second-order valence-corrected chi connectivity index (χ2v) is 8.36. The Labute approximate surface area is 157 Å². The van der Waals surface area contributed by atoms with Crippen molar-refractivity contribution in [1.29, 1.82) is 0 Å². The molecule has 2 amide bonds. The van der Waals surface area contributed by atoms with Crippen LogP contribution in [-0.2, 0) is 0 Å². The molecular weight excluding hydrogens is 359 g/mol. The van der Waals surface area contributed by atoms with Crippen molar-refractivity contribution in [3.63, 3.8) is 0 Å². The molecule has 1 heterocycles. The molecule has 3 N–H and O–H groups in total. The second-order valence-electron chi connectivity index (χ2n) is 8.36. The number of hydrogen-bond donors (Lipinski definition) is 3. The number of ether oxygens (including phenoxy) is 1. The minimum absolute atomic E-state index is 0.0763. The summed E-state index contributed by atoms with van der Waals surface area (Å²) in [7, 11) is 0. The van der Waals surface area contributed by atoms with Crippen molar-refractivity contribution >= 4 is 6.03 Å². The van der Waals surface area contributed by atoms with Crippen molar-refractivity contribution < 1.29 is 22.7 Å². The molecule has 4 atom stereocenters. The van der Waals surface area contributed by atoms with Crippen molar-refractivity contribution in [3.05, 3.63) is 29.8 Å². The summed E-state index contributed by atoms with van der Waals surface area (Å²) in [6, 6.07) is 6.06. The van der Waals surface area contributed by atoms with Crippen LogP contribution in [0, 0.1) is 11.8 Å². The van der Waals surface area contributed by atoms with Crippen LogP contribution in [0.4, 0.5) is 18.0 Å². The summed E-state index contributed by atoms with van der Waals surface area (Å²) in [6.07, 6.45) is -2.82. The van der Waals surface area contributed by atoms with Crippen molar-refractivity contribution in [2.75, 3.05) is 6.54 Å². The fourth-order valence-corrected chi connectivity index (χ4v) is 4.19. The molecule has 150 valence electrons. The van der Waals surface area contributed by atoms with Crippen molar-refractivity contribution in [1.82, 2.24) is 16.0 Å². The van der Waals surface area contributed by atoms with Gasteiger partial charge in [-0.05, 0) is 63.1 Å². The number of carbonyl (C=O) groups excluding carboxylic acids is 1. The van der Waals surface area contributed by atoms with Gasteiger partial charge in [0.2, 0.25) is 0 Å². The monoisotopic (exact) mass is 385 g/mol. The molecule has 27 heavy (non-hydrogen) atoms. The third kappa shape index (κ3) is 5.06. The highest BCUT2D eigenvalue weighted by Crippen LogP contribution is 2.44. The SMILES string of the molecule is CC(C)(C)NC(=O)N[C@H]1CC[C@@H]2C(c3ccc(OC(F)(F)F)cc3)NC[C@H]12. The topological polar surface area (TPSA) is 62.4 Å². The number of urea groups is 1. The minimum atomic E-state index is -4.68. The van der Waals surface area contributed by atoms with Gasteiger partial charge < -0.3 is 20.7 Å². The van der Waals surface area contributed by atoms with Gasteiger partial charge >= 0.3 is 12.4 Å². The molecule has 8 heteroatoms. The summed E-state index contributed by atoms with van der Waals surface area (Å²) < 4.78 is 40.8. The van der Waals surface area contributed by atoms with Gasteiger partial charge in [-0.25, -0.2) is 4.79 Å². The van der Waals surface area contributed by atoms with Crippen LogP contribution in [-0.4, -0.2) is 30.5 Å². The molecule has 1 aromatic rings. The highest BCUT2D eigenvalue weighted by molar-refractivity contribution is 5.75. The summed E-state index contributed by atoms with van der Waals surface area (Å²) in [5.41, 5.74) is 0.649. The Morgan fingerprint density at radius 3 is 2.37 bits per heavy atom. The zero-order valence-corrected chi connectivity index (χ0v) is 15.7. The van der Waals surface area contributed by atoms with Crippen LogP contribution in [0.3, 0.4) is 0 Å². The molecule has 0 spiro atoms. The number of benzene rings is 1. The summed E-state index contributed by atoms with van der Waals surface area (Å²) in [4.78, 5) is 12.2. The number of carbonyl (C=O) groups is 1. The lowest BCUT2D eigenvalue weighted by Crippen LogP contribution is -2.50. The first-order chi connectivity index (χ1) is 12.5. The number of amides is 2. The number of alkyl halides is 3. The van der Waals surface area contributed by atoms with Gasteiger partial charge in [0, 0.05) is 24.2 Å². The molecule has 1 aliphatic carbocycles. The van der Waals surface area contributed by atoms with Gasteiger partial charge in [0.1, 0.15) is 5.75 Å². The van der Waals surface area contributed by atoms with E-state index in [0.29, 0.717) is 11.8 Å². The fraction of sp³-hybridized carbons (Fsp3) is 0.632. The molecular formula is C19H26F3N3O2. The summed E-state index contributed by atoms with van der Waals surface area (Å²) in [6.45, 7) is 6.58. The van der Waals surface area contributed by atoms with Gasteiger partial charge in [0.25, 0.3) is 0 Å². The van der Waals surface area contributed by atoms with Crippen LogP contribution in [0.25, 0.3) is 0 Å². The Morgan fingerprint density at radius 2 is 1.78 bits per heavy atom. The largest absolute Gasteiger partial charge is 0.573 e. The molecule has 2 fully saturated rings. The van der Waals surface area contributed by atoms with E-state index in [1.165, 1.54) is 12.1 Å². The smallest absolute Gasteiger partial charge is 0.406 e. The van der Waals surface area contributed by atoms with Gasteiger partial charge in [-0.2, -0.15) is 0 Å². The standard InChI is InChI=1S/C19H26F3N3O2/c1-18(2,3)25-17(26)24-15-9-8-13-14(15)10-23-16(13)11-4-6-12(7-5-11)27-19(20,21)22/h4-7,13-16,23H,8-10H2,1-3H3,(H2,24,25,26)/t13-,14-,15-,16?/m0/s1. The maximum absolute atomic E-state index is 12.3. The van der Waals surface area contributed by atoms with E-state index >= 15 is 0 Å². The quantitative estimate of drug-likeness (QED) is 0.743. The van der Waals surface area contributed by atoms with Gasteiger partial charge in [0.05, 0.1) is 0 Å². The molecule has 0 radical (unpaired) electrons. The molecule has 0 aromatic heterocycles. The number of rotatable bonds is 3. The Kier molecular flexibility index (Phi) is 5.29. The van der Waals surface area contributed by atoms with Crippen LogP contribution in [0.1, 0.15) is 45.2 Å². The lowest BCUT2D eigenvalue weighted by atomic mass is 9.88. The lowest BCUT2D eigenvalue weighted by molar-refractivity contribution is -0.274. The van der Waals surface area contributed by atoms with E-state index in [-0.39, 0.29) is 29.4 Å². The van der Waals surface area contributed by atoms with E-state index < -0.39 is 6.36 Å². The van der Waals surface area contributed by atoms with Crippen LogP contribution in [0.15, 0.2) is 24.3 Å². The fourth-order valence-electron chi connectivity index (χ4n) is 4.19. The third-order valence-electron chi connectivity index (χ3n) is 5.16. The third-order valence-corrected chi connectivity index (χ3v) is 5.16. The highest BCUT2D eigenvalue weighted by Gasteiger charge is 2.45. The number of hydrogen-bond acceptors (Lipinski definition) is 3. The van der Waals surface area contributed by atoms with Crippen molar-refractivity contribution in [3.8, 4) is 5.75 Å². The Balaban J connectivity index is 1.61. The first kappa shape index (κ1) is 19.8. The van der Waals surface area contributed by atoms with E-state index in [9.17, 15) is 18.0 Å². The van der Waals surface area contributed by atoms with E-state index in [1.54, 1.807) is 12.1 Å². The van der Waals surface area contributed by atoms with Crippen LogP contribution in [0.5, 0.6) is 5.75 Å². The molecule has 5 nitrogen and oxygen atoms in total. The second kappa shape index (κ2) is 7.22. The predicted molar refractivity (Wildman–Crippen MR) is 95.3 cm³/mol. The number of fused-ring (bicyclic) bond motifs is 1. The lowest BCUT2D eigenvalue weighted by Gasteiger charge is -2.25. The van der Waals surface area contributed by atoms with E-state index in [1.807, 2.05) is 20.8 Å². The number of nitrogens with one attached hydrogen (secondary N) is 3. The zero-order chi connectivity index (χ0) is 19.8. The van der Waals surface area contributed by atoms with Gasteiger partial charge in [0.15, 0.2) is 0 Å². The Hall–Kier alpha value is -1.96. The molecule has 1 saturated carbocycles. The van der Waals surface area contributed by atoms with Crippen LogP contribution >= 0.6 is 0 Å². The first-order valence-corrected chi connectivity index (χ1v) is 9.20. The normalized spacial score (nSPS) is 27.9. The molecule has 1 unspecified atom stereocenters. The molecule has 0 bridgehead atoms. The van der Waals surface area contributed by atoms with Crippen molar-refractivity contribution in [2.45, 2.75) is 57.6 Å². The zero-order valence-electron chi connectivity index (χ0n) is 15.7. The van der Waals surface area contributed by atoms with E-state index in [4.69, 9.17) is 0 Å². The van der Waals surface area contributed by atoms with Gasteiger partial charge in [-0.15, -0.1) is 13.2 Å². The van der Waals surface area contributed by atoms with E-state index in [2.05, 4.69) is 20.7 Å². The predicted octanol–water partition coefficient (Wildman–Crippen LogP) is 3.72. The number of halogens is 3. The summed E-state index contributed by atoms with van der Waals surface area (Å²) in [5, 5.41) is 9.46. The molecule has 1 saturated heterocycles. The summed E-state index contributed by atoms with van der Waals surface area (Å²) >= 11 is 0. The average Bonchev–Trinajstić information content (AvgIpc) is 3.08. The van der Waals surface area contributed by atoms with E-state index in [0.717, 1.165) is 24.9 Å². The molecule has 2 aliphatic rings. The average molecular weight is 385 g/mol. The molecule has 1 aromatic carbocycles. The minimum Gasteiger partial charge on any atom is -0.406 e. The maximum Gasteiger partial charge on any atom is 0.573 e. The first-order valence-electron chi connectivity index (χ1n) is 9.20. The van der Waals surface area contributed by atoms with Crippen molar-refractivity contribution in [2.24, 2.45) is 11.8 Å². The van der Waals surface area contributed by atoms with Gasteiger partial charge in [-0.3, -0.25) is 0 Å². The van der Waals surface area contributed by atoms with Crippen LogP contribution in [0.2, 0.25) is 0 Å². The summed E-state index contributed by atoms with van der Waals surface area (Å²) in [5.74, 6) is 0.441. The highest BCUT2D eigenvalue weighted by atomic mass is 19.4. The van der Waals surface area contributed by atoms with Gasteiger partial charge in [-0.1, -0.05) is 12.1 Å². The Morgan fingerprint density at radius 1 is 1.11 bits per heavy atom. The molecule has 1 aliphatic heterocycles.